The summed E-state index contributed by atoms with van der Waals surface area (Å²) in [5, 5.41) is 6.63. The van der Waals surface area contributed by atoms with Gasteiger partial charge in [-0.15, -0.1) is 11.8 Å². The van der Waals surface area contributed by atoms with Gasteiger partial charge in [0.25, 0.3) is 0 Å². The van der Waals surface area contributed by atoms with Crippen LogP contribution in [0.15, 0.2) is 34.2 Å². The molecule has 1 saturated heterocycles. The molecule has 1 fully saturated rings. The average molecular weight is 339 g/mol. The van der Waals surface area contributed by atoms with Crippen molar-refractivity contribution in [2.45, 2.75) is 25.2 Å². The second-order valence-electron chi connectivity index (χ2n) is 6.08. The van der Waals surface area contributed by atoms with E-state index in [1.54, 1.807) is 11.8 Å². The van der Waals surface area contributed by atoms with Crippen LogP contribution in [0.3, 0.4) is 0 Å². The summed E-state index contributed by atoms with van der Waals surface area (Å²) in [5.74, 6) is 1.67. The highest BCUT2D eigenvalue weighted by atomic mass is 32.2. The molecule has 1 aliphatic heterocycles. The molecule has 0 bridgehead atoms. The van der Waals surface area contributed by atoms with Crippen LogP contribution in [0.25, 0.3) is 0 Å². The smallest absolute Gasteiger partial charge is 0.191 e. The van der Waals surface area contributed by atoms with E-state index in [4.69, 9.17) is 4.74 Å². The van der Waals surface area contributed by atoms with Gasteiger partial charge >= 0.3 is 0 Å². The number of aliphatic imine (C=N–C) groups is 1. The van der Waals surface area contributed by atoms with Gasteiger partial charge < -0.3 is 15.4 Å². The largest absolute Gasteiger partial charge is 0.380 e. The number of halogens is 1. The predicted molar refractivity (Wildman–Crippen MR) is 94.6 cm³/mol. The summed E-state index contributed by atoms with van der Waals surface area (Å²) in [7, 11) is 0. The van der Waals surface area contributed by atoms with Crippen LogP contribution >= 0.6 is 11.8 Å². The third-order valence-corrected chi connectivity index (χ3v) is 4.66. The van der Waals surface area contributed by atoms with Crippen LogP contribution in [-0.2, 0) is 4.74 Å². The first-order chi connectivity index (χ1) is 11.1. The molecule has 0 spiro atoms. The molecular weight excluding hydrogens is 313 g/mol. The van der Waals surface area contributed by atoms with Crippen molar-refractivity contribution in [1.82, 2.24) is 10.6 Å². The van der Waals surface area contributed by atoms with Crippen molar-refractivity contribution < 1.29 is 9.13 Å². The monoisotopic (exact) mass is 339 g/mol. The van der Waals surface area contributed by atoms with Gasteiger partial charge in [0.15, 0.2) is 5.96 Å². The Hall–Kier alpha value is -1.27. The first-order valence-electron chi connectivity index (χ1n) is 8.10. The first kappa shape index (κ1) is 18.1. The molecule has 0 aliphatic carbocycles. The molecular formula is C17H26FN3OS. The quantitative estimate of drug-likeness (QED) is 0.331. The zero-order valence-corrected chi connectivity index (χ0v) is 14.7. The van der Waals surface area contributed by atoms with E-state index in [1.807, 2.05) is 12.1 Å². The van der Waals surface area contributed by atoms with Gasteiger partial charge in [0.1, 0.15) is 5.82 Å². The molecule has 128 valence electrons. The van der Waals surface area contributed by atoms with Gasteiger partial charge in [0.2, 0.25) is 0 Å². The van der Waals surface area contributed by atoms with Crippen molar-refractivity contribution in [2.24, 2.45) is 10.4 Å². The summed E-state index contributed by atoms with van der Waals surface area (Å²) < 4.78 is 18.1. The number of ether oxygens (including phenoxy) is 1. The lowest BCUT2D eigenvalue weighted by Gasteiger charge is -2.36. The maximum atomic E-state index is 12.8. The SMILES string of the molecule is CCNC(=NCC1(C)COC1)NCCCSc1ccc(F)cc1. The van der Waals surface area contributed by atoms with Crippen LogP contribution in [-0.4, -0.2) is 44.6 Å². The molecule has 0 atom stereocenters. The highest BCUT2D eigenvalue weighted by Gasteiger charge is 2.33. The zero-order chi connectivity index (χ0) is 16.5. The highest BCUT2D eigenvalue weighted by Crippen LogP contribution is 2.26. The summed E-state index contributed by atoms with van der Waals surface area (Å²) in [5.41, 5.74) is 0.195. The fraction of sp³-hybridized carbons (Fsp3) is 0.588. The maximum Gasteiger partial charge on any atom is 0.191 e. The van der Waals surface area contributed by atoms with Gasteiger partial charge in [0, 0.05) is 23.4 Å². The molecule has 0 unspecified atom stereocenters. The number of benzene rings is 1. The van der Waals surface area contributed by atoms with E-state index < -0.39 is 0 Å². The van der Waals surface area contributed by atoms with Crippen molar-refractivity contribution in [2.75, 3.05) is 38.6 Å². The van der Waals surface area contributed by atoms with E-state index in [0.29, 0.717) is 0 Å². The van der Waals surface area contributed by atoms with E-state index in [0.717, 1.165) is 55.9 Å². The molecule has 1 heterocycles. The molecule has 0 aromatic heterocycles. The summed E-state index contributed by atoms with van der Waals surface area (Å²) >= 11 is 1.74. The summed E-state index contributed by atoms with van der Waals surface area (Å²) in [4.78, 5) is 5.74. The zero-order valence-electron chi connectivity index (χ0n) is 13.9. The number of nitrogens with one attached hydrogen (secondary N) is 2. The fourth-order valence-electron chi connectivity index (χ4n) is 2.15. The van der Waals surface area contributed by atoms with Gasteiger partial charge in [-0.25, -0.2) is 4.39 Å². The van der Waals surface area contributed by atoms with Crippen molar-refractivity contribution in [3.05, 3.63) is 30.1 Å². The minimum atomic E-state index is -0.187. The van der Waals surface area contributed by atoms with Crippen LogP contribution < -0.4 is 10.6 Å². The second-order valence-corrected chi connectivity index (χ2v) is 7.25. The standard InChI is InChI=1S/C17H26FN3OS/c1-3-19-16(21-11-17(2)12-22-13-17)20-9-4-10-23-15-7-5-14(18)6-8-15/h5-8H,3-4,9-13H2,1-2H3,(H2,19,20,21). The van der Waals surface area contributed by atoms with Gasteiger partial charge in [-0.1, -0.05) is 6.92 Å². The molecule has 0 radical (unpaired) electrons. The van der Waals surface area contributed by atoms with Gasteiger partial charge in [-0.2, -0.15) is 0 Å². The minimum absolute atomic E-state index is 0.187. The Morgan fingerprint density at radius 2 is 2.04 bits per heavy atom. The predicted octanol–water partition coefficient (Wildman–Crippen LogP) is 2.90. The highest BCUT2D eigenvalue weighted by molar-refractivity contribution is 7.99. The van der Waals surface area contributed by atoms with E-state index in [9.17, 15) is 4.39 Å². The Labute approximate surface area is 142 Å². The molecule has 4 nitrogen and oxygen atoms in total. The summed E-state index contributed by atoms with van der Waals surface area (Å²) in [6, 6.07) is 6.64. The van der Waals surface area contributed by atoms with Gasteiger partial charge in [0.05, 0.1) is 19.8 Å². The molecule has 1 aromatic rings. The number of rotatable bonds is 8. The van der Waals surface area contributed by atoms with E-state index in [2.05, 4.69) is 29.5 Å². The number of nitrogens with zero attached hydrogens (tertiary/aromatic N) is 1. The molecule has 1 aliphatic rings. The molecule has 0 amide bonds. The van der Waals surface area contributed by atoms with E-state index in [-0.39, 0.29) is 11.2 Å². The lowest BCUT2D eigenvalue weighted by atomic mass is 9.89. The third-order valence-electron chi connectivity index (χ3n) is 3.56. The number of hydrogen-bond acceptors (Lipinski definition) is 3. The Morgan fingerprint density at radius 1 is 1.30 bits per heavy atom. The van der Waals surface area contributed by atoms with Gasteiger partial charge in [-0.3, -0.25) is 4.99 Å². The minimum Gasteiger partial charge on any atom is -0.380 e. The van der Waals surface area contributed by atoms with Crippen LogP contribution in [0.5, 0.6) is 0 Å². The third kappa shape index (κ3) is 6.39. The van der Waals surface area contributed by atoms with Crippen molar-refractivity contribution in [1.29, 1.82) is 0 Å². The number of hydrogen-bond donors (Lipinski definition) is 2. The van der Waals surface area contributed by atoms with Crippen molar-refractivity contribution in [3.63, 3.8) is 0 Å². The lowest BCUT2D eigenvalue weighted by Crippen LogP contribution is -2.44. The van der Waals surface area contributed by atoms with E-state index in [1.165, 1.54) is 12.1 Å². The molecule has 23 heavy (non-hydrogen) atoms. The molecule has 2 rings (SSSR count). The van der Waals surface area contributed by atoms with Crippen molar-refractivity contribution in [3.8, 4) is 0 Å². The Balaban J connectivity index is 1.65. The molecule has 6 heteroatoms. The average Bonchev–Trinajstić information content (AvgIpc) is 2.52. The first-order valence-corrected chi connectivity index (χ1v) is 9.08. The second kappa shape index (κ2) is 9.13. The maximum absolute atomic E-state index is 12.8. The molecule has 0 saturated carbocycles. The fourth-order valence-corrected chi connectivity index (χ4v) is 3.01. The Morgan fingerprint density at radius 3 is 2.65 bits per heavy atom. The molecule has 1 aromatic carbocycles. The summed E-state index contributed by atoms with van der Waals surface area (Å²) in [6.07, 6.45) is 1.02. The van der Waals surface area contributed by atoms with Crippen molar-refractivity contribution >= 4 is 17.7 Å². The van der Waals surface area contributed by atoms with E-state index >= 15 is 0 Å². The number of guanidine groups is 1. The van der Waals surface area contributed by atoms with Crippen LogP contribution in [0, 0.1) is 11.2 Å². The molecule has 2 N–H and O–H groups in total. The van der Waals surface area contributed by atoms with Crippen LogP contribution in [0.2, 0.25) is 0 Å². The normalized spacial score (nSPS) is 16.7. The summed E-state index contributed by atoms with van der Waals surface area (Å²) in [6.45, 7) is 8.36. The van der Waals surface area contributed by atoms with Crippen LogP contribution in [0.1, 0.15) is 20.3 Å². The Kier molecular flexibility index (Phi) is 7.17. The topological polar surface area (TPSA) is 45.7 Å². The lowest BCUT2D eigenvalue weighted by molar-refractivity contribution is -0.0945. The van der Waals surface area contributed by atoms with Crippen LogP contribution in [0.4, 0.5) is 4.39 Å². The number of thioether (sulfide) groups is 1. The Bertz CT molecular complexity index is 503. The van der Waals surface area contributed by atoms with Gasteiger partial charge in [-0.05, 0) is 43.4 Å².